The van der Waals surface area contributed by atoms with Crippen LogP contribution in [-0.2, 0) is 0 Å². The molecule has 0 radical (unpaired) electrons. The molecule has 9 rings (SSSR count). The van der Waals surface area contributed by atoms with Crippen molar-refractivity contribution in [3.63, 3.8) is 0 Å². The molecule has 43 heavy (non-hydrogen) atoms. The van der Waals surface area contributed by atoms with Gasteiger partial charge in [0, 0.05) is 38.4 Å². The average Bonchev–Trinajstić information content (AvgIpc) is 3.75. The molecular formula is C39H25N3S. The van der Waals surface area contributed by atoms with Crippen LogP contribution in [0.3, 0.4) is 0 Å². The maximum absolute atomic E-state index is 5.27. The highest BCUT2D eigenvalue weighted by Gasteiger charge is 2.22. The highest BCUT2D eigenvalue weighted by Crippen LogP contribution is 2.44. The Morgan fingerprint density at radius 2 is 0.930 bits per heavy atom. The second-order valence-corrected chi connectivity index (χ2v) is 11.8. The van der Waals surface area contributed by atoms with Gasteiger partial charge < -0.3 is 4.57 Å². The minimum atomic E-state index is 0.996. The van der Waals surface area contributed by atoms with Crippen molar-refractivity contribution < 1.29 is 0 Å². The van der Waals surface area contributed by atoms with Crippen molar-refractivity contribution in [1.29, 1.82) is 0 Å². The van der Waals surface area contributed by atoms with Crippen LogP contribution in [0.15, 0.2) is 152 Å². The third-order valence-electron chi connectivity index (χ3n) is 8.36. The number of benzene rings is 6. The quantitative estimate of drug-likeness (QED) is 0.207. The van der Waals surface area contributed by atoms with E-state index >= 15 is 0 Å². The topological polar surface area (TPSA) is 22.8 Å². The van der Waals surface area contributed by atoms with Crippen LogP contribution in [0, 0.1) is 0 Å². The summed E-state index contributed by atoms with van der Waals surface area (Å²) in [7, 11) is 0. The van der Waals surface area contributed by atoms with Gasteiger partial charge in [-0.1, -0.05) is 127 Å². The molecule has 0 saturated carbocycles. The molecule has 4 heteroatoms. The molecule has 0 amide bonds. The summed E-state index contributed by atoms with van der Waals surface area (Å²) in [6, 6.07) is 54.0. The minimum Gasteiger partial charge on any atom is -0.309 e. The van der Waals surface area contributed by atoms with E-state index in [1.807, 2.05) is 0 Å². The smallest absolute Gasteiger partial charge is 0.129 e. The molecule has 9 aromatic rings. The molecule has 0 unspecified atom stereocenters. The maximum Gasteiger partial charge on any atom is 0.129 e. The van der Waals surface area contributed by atoms with Gasteiger partial charge in [0.1, 0.15) is 15.7 Å². The fraction of sp³-hybridized carbons (Fsp3) is 0. The number of hydrogen-bond donors (Lipinski definition) is 0. The van der Waals surface area contributed by atoms with Gasteiger partial charge in [-0.3, -0.25) is 4.57 Å². The largest absolute Gasteiger partial charge is 0.309 e. The molecule has 0 atom stereocenters. The Morgan fingerprint density at radius 1 is 0.419 bits per heavy atom. The lowest BCUT2D eigenvalue weighted by molar-refractivity contribution is 1.17. The summed E-state index contributed by atoms with van der Waals surface area (Å²) in [5.74, 6) is 0. The Kier molecular flexibility index (Phi) is 5.37. The van der Waals surface area contributed by atoms with Gasteiger partial charge in [0.05, 0.1) is 22.1 Å². The van der Waals surface area contributed by atoms with Gasteiger partial charge in [0.15, 0.2) is 0 Å². The molecule has 0 aliphatic heterocycles. The van der Waals surface area contributed by atoms with E-state index in [-0.39, 0.29) is 0 Å². The standard InChI is InChI=1S/C39H25N3S/c1-4-14-26(15-5-1)37-39(43-38(40-37)27-16-6-2-7-17-27)42-34-23-13-11-21-30(34)32-24-31-29-20-10-12-22-33(29)41(35(31)25-36(32)42)28-18-8-3-9-19-28/h1-25H. The zero-order valence-corrected chi connectivity index (χ0v) is 24.0. The monoisotopic (exact) mass is 567 g/mol. The lowest BCUT2D eigenvalue weighted by Crippen LogP contribution is -1.96. The van der Waals surface area contributed by atoms with Gasteiger partial charge in [-0.15, -0.1) is 0 Å². The fourth-order valence-electron chi connectivity index (χ4n) is 6.46. The summed E-state index contributed by atoms with van der Waals surface area (Å²) in [4.78, 5) is 5.27. The van der Waals surface area contributed by atoms with Gasteiger partial charge in [0.25, 0.3) is 0 Å². The second-order valence-electron chi connectivity index (χ2n) is 10.8. The van der Waals surface area contributed by atoms with Crippen LogP contribution < -0.4 is 0 Å². The molecule has 0 N–H and O–H groups in total. The van der Waals surface area contributed by atoms with Crippen molar-refractivity contribution in [1.82, 2.24) is 14.1 Å². The first-order valence-corrected chi connectivity index (χ1v) is 15.3. The molecule has 202 valence electrons. The lowest BCUT2D eigenvalue weighted by Gasteiger charge is -2.10. The van der Waals surface area contributed by atoms with Crippen LogP contribution in [0.4, 0.5) is 0 Å². The van der Waals surface area contributed by atoms with Crippen LogP contribution in [0.1, 0.15) is 0 Å². The number of aromatic nitrogens is 3. The molecule has 0 aliphatic rings. The zero-order chi connectivity index (χ0) is 28.3. The van der Waals surface area contributed by atoms with Crippen molar-refractivity contribution >= 4 is 54.9 Å². The Labute approximate surface area is 252 Å². The summed E-state index contributed by atoms with van der Waals surface area (Å²) in [6.45, 7) is 0. The van der Waals surface area contributed by atoms with E-state index in [9.17, 15) is 0 Å². The zero-order valence-electron chi connectivity index (χ0n) is 23.2. The summed E-state index contributed by atoms with van der Waals surface area (Å²) < 4.78 is 4.83. The predicted molar refractivity (Wildman–Crippen MR) is 182 cm³/mol. The summed E-state index contributed by atoms with van der Waals surface area (Å²) in [5.41, 5.74) is 9.15. The number of nitrogens with zero attached hydrogens (tertiary/aromatic N) is 3. The van der Waals surface area contributed by atoms with Crippen molar-refractivity contribution in [3.05, 3.63) is 152 Å². The Hall–Kier alpha value is -5.45. The molecule has 0 saturated heterocycles. The van der Waals surface area contributed by atoms with Crippen LogP contribution in [0.2, 0.25) is 0 Å². The van der Waals surface area contributed by atoms with Gasteiger partial charge in [-0.25, -0.2) is 4.98 Å². The van der Waals surface area contributed by atoms with Crippen molar-refractivity contribution in [2.24, 2.45) is 0 Å². The number of rotatable bonds is 4. The SMILES string of the molecule is c1ccc(-c2nc(-c3ccccc3)c(-n3c4ccccc4c4cc5c6ccccc6n(-c6ccccc6)c5cc43)s2)cc1. The third kappa shape index (κ3) is 3.70. The van der Waals surface area contributed by atoms with E-state index in [1.54, 1.807) is 11.3 Å². The first-order chi connectivity index (χ1) is 21.3. The maximum atomic E-state index is 5.27. The number of thiazole rings is 1. The van der Waals surface area contributed by atoms with Crippen molar-refractivity contribution in [2.75, 3.05) is 0 Å². The predicted octanol–water partition coefficient (Wildman–Crippen LogP) is 10.7. The summed E-state index contributed by atoms with van der Waals surface area (Å²) >= 11 is 1.75. The normalized spacial score (nSPS) is 11.7. The average molecular weight is 568 g/mol. The molecule has 0 fully saturated rings. The van der Waals surface area contributed by atoms with Crippen LogP contribution in [-0.4, -0.2) is 14.1 Å². The molecule has 6 aromatic carbocycles. The molecule has 0 spiro atoms. The highest BCUT2D eigenvalue weighted by atomic mass is 32.1. The third-order valence-corrected chi connectivity index (χ3v) is 9.45. The van der Waals surface area contributed by atoms with E-state index < -0.39 is 0 Å². The first kappa shape index (κ1) is 24.2. The molecule has 3 heterocycles. The van der Waals surface area contributed by atoms with Crippen LogP contribution in [0.25, 0.3) is 76.1 Å². The summed E-state index contributed by atoms with van der Waals surface area (Å²) in [6.07, 6.45) is 0. The van der Waals surface area contributed by atoms with Gasteiger partial charge in [0.2, 0.25) is 0 Å². The van der Waals surface area contributed by atoms with Crippen LogP contribution >= 0.6 is 11.3 Å². The van der Waals surface area contributed by atoms with Crippen molar-refractivity contribution in [3.8, 4) is 32.5 Å². The Balaban J connectivity index is 1.43. The van der Waals surface area contributed by atoms with Crippen LogP contribution in [0.5, 0.6) is 0 Å². The fourth-order valence-corrected chi connectivity index (χ4v) is 7.58. The number of hydrogen-bond acceptors (Lipinski definition) is 2. The van der Waals surface area contributed by atoms with Gasteiger partial charge in [-0.2, -0.15) is 0 Å². The molecule has 3 nitrogen and oxygen atoms in total. The van der Waals surface area contributed by atoms with Crippen molar-refractivity contribution in [2.45, 2.75) is 0 Å². The van der Waals surface area contributed by atoms with E-state index in [0.29, 0.717) is 0 Å². The lowest BCUT2D eigenvalue weighted by atomic mass is 10.1. The van der Waals surface area contributed by atoms with E-state index in [1.165, 1.54) is 43.6 Å². The number of para-hydroxylation sites is 3. The van der Waals surface area contributed by atoms with E-state index in [0.717, 1.165) is 32.5 Å². The number of fused-ring (bicyclic) bond motifs is 6. The van der Waals surface area contributed by atoms with Gasteiger partial charge >= 0.3 is 0 Å². The Bertz CT molecular complexity index is 2430. The molecule has 3 aromatic heterocycles. The van der Waals surface area contributed by atoms with Gasteiger partial charge in [-0.05, 0) is 36.4 Å². The molecular weight excluding hydrogens is 543 g/mol. The summed E-state index contributed by atoms with van der Waals surface area (Å²) in [5, 5.41) is 7.14. The molecule has 0 aliphatic carbocycles. The van der Waals surface area contributed by atoms with E-state index in [2.05, 4.69) is 161 Å². The first-order valence-electron chi connectivity index (χ1n) is 14.5. The second kappa shape index (κ2) is 9.55. The Morgan fingerprint density at radius 3 is 1.58 bits per heavy atom. The minimum absolute atomic E-state index is 0.996. The highest BCUT2D eigenvalue weighted by molar-refractivity contribution is 7.18. The molecule has 0 bridgehead atoms. The van der Waals surface area contributed by atoms with E-state index in [4.69, 9.17) is 4.98 Å².